The predicted octanol–water partition coefficient (Wildman–Crippen LogP) is 6.97. The molecule has 0 radical (unpaired) electrons. The van der Waals surface area contributed by atoms with Crippen LogP contribution in [0.25, 0.3) is 27.5 Å². The van der Waals surface area contributed by atoms with E-state index in [1.165, 1.54) is 17.7 Å². The van der Waals surface area contributed by atoms with Gasteiger partial charge in [0.1, 0.15) is 0 Å². The summed E-state index contributed by atoms with van der Waals surface area (Å²) in [6, 6.07) is 18.9. The number of hydrogen-bond acceptors (Lipinski definition) is 3. The molecular formula is C26H26N2O3. The molecule has 158 valence electrons. The van der Waals surface area contributed by atoms with E-state index < -0.39 is 4.92 Å². The average Bonchev–Trinajstić information content (AvgIpc) is 3.06. The smallest absolute Gasteiger partial charge is 0.269 e. The van der Waals surface area contributed by atoms with E-state index in [0.717, 1.165) is 39.5 Å². The van der Waals surface area contributed by atoms with E-state index in [2.05, 4.69) is 43.5 Å². The molecule has 0 aliphatic carbocycles. The van der Waals surface area contributed by atoms with Crippen molar-refractivity contribution in [2.45, 2.75) is 46.0 Å². The highest BCUT2D eigenvalue weighted by Crippen LogP contribution is 2.36. The van der Waals surface area contributed by atoms with Gasteiger partial charge in [-0.3, -0.25) is 14.9 Å². The Morgan fingerprint density at radius 3 is 2.13 bits per heavy atom. The van der Waals surface area contributed by atoms with Crippen LogP contribution in [0.3, 0.4) is 0 Å². The van der Waals surface area contributed by atoms with E-state index in [0.29, 0.717) is 6.42 Å². The fraction of sp³-hybridized carbons (Fsp3) is 0.269. The SMILES string of the molecule is CCCC(=O)c1ccc2c(c1)c1cc(C(C)(C)C)ccc1n2-c1ccc([N+](=O)[O-])cc1. The number of nitrogens with zero attached hydrogens (tertiary/aromatic N) is 2. The Morgan fingerprint density at radius 1 is 0.935 bits per heavy atom. The average molecular weight is 415 g/mol. The van der Waals surface area contributed by atoms with E-state index in [4.69, 9.17) is 0 Å². The van der Waals surface area contributed by atoms with Crippen LogP contribution < -0.4 is 0 Å². The highest BCUT2D eigenvalue weighted by molar-refractivity contribution is 6.12. The lowest BCUT2D eigenvalue weighted by molar-refractivity contribution is -0.384. The van der Waals surface area contributed by atoms with E-state index in [1.807, 2.05) is 25.1 Å². The van der Waals surface area contributed by atoms with Gasteiger partial charge >= 0.3 is 0 Å². The molecule has 0 saturated heterocycles. The summed E-state index contributed by atoms with van der Waals surface area (Å²) in [6.45, 7) is 8.55. The first-order valence-corrected chi connectivity index (χ1v) is 10.6. The molecule has 0 aliphatic heterocycles. The topological polar surface area (TPSA) is 65.1 Å². The lowest BCUT2D eigenvalue weighted by Gasteiger charge is -2.19. The quantitative estimate of drug-likeness (QED) is 0.201. The number of non-ortho nitro benzene ring substituents is 1. The van der Waals surface area contributed by atoms with Gasteiger partial charge in [-0.05, 0) is 59.9 Å². The summed E-state index contributed by atoms with van der Waals surface area (Å²) in [5.74, 6) is 0.146. The highest BCUT2D eigenvalue weighted by Gasteiger charge is 2.19. The van der Waals surface area contributed by atoms with E-state index in [-0.39, 0.29) is 16.9 Å². The van der Waals surface area contributed by atoms with Gasteiger partial charge in [0.05, 0.1) is 16.0 Å². The summed E-state index contributed by atoms with van der Waals surface area (Å²) in [6.07, 6.45) is 1.34. The Labute approximate surface area is 181 Å². The fourth-order valence-corrected chi connectivity index (χ4v) is 4.04. The number of carbonyl (C=O) groups is 1. The lowest BCUT2D eigenvalue weighted by atomic mass is 9.86. The molecule has 5 nitrogen and oxygen atoms in total. The molecular weight excluding hydrogens is 388 g/mol. The van der Waals surface area contributed by atoms with Crippen LogP contribution in [0.15, 0.2) is 60.7 Å². The Bertz CT molecular complexity index is 1310. The molecule has 0 N–H and O–H groups in total. The van der Waals surface area contributed by atoms with Gasteiger partial charge in [-0.15, -0.1) is 0 Å². The minimum Gasteiger partial charge on any atom is -0.309 e. The number of nitro benzene ring substituents is 1. The molecule has 31 heavy (non-hydrogen) atoms. The number of hydrogen-bond donors (Lipinski definition) is 0. The third kappa shape index (κ3) is 3.72. The maximum atomic E-state index is 12.6. The number of fused-ring (bicyclic) bond motifs is 3. The molecule has 3 aromatic carbocycles. The minimum atomic E-state index is -0.392. The minimum absolute atomic E-state index is 0.00832. The number of carbonyl (C=O) groups excluding carboxylic acids is 1. The van der Waals surface area contributed by atoms with Crippen LogP contribution in [0, 0.1) is 10.1 Å². The summed E-state index contributed by atoms with van der Waals surface area (Å²) in [4.78, 5) is 23.2. The molecule has 1 aromatic heterocycles. The molecule has 4 aromatic rings. The van der Waals surface area contributed by atoms with Crippen LogP contribution >= 0.6 is 0 Å². The maximum Gasteiger partial charge on any atom is 0.269 e. The van der Waals surface area contributed by atoms with Gasteiger partial charge in [0.2, 0.25) is 0 Å². The van der Waals surface area contributed by atoms with Crippen molar-refractivity contribution in [1.82, 2.24) is 4.57 Å². The number of benzene rings is 3. The lowest BCUT2D eigenvalue weighted by Crippen LogP contribution is -2.10. The Hall–Kier alpha value is -3.47. The normalized spacial score (nSPS) is 11.9. The van der Waals surface area contributed by atoms with Crippen molar-refractivity contribution in [3.63, 3.8) is 0 Å². The van der Waals surface area contributed by atoms with Crippen molar-refractivity contribution >= 4 is 33.3 Å². The highest BCUT2D eigenvalue weighted by atomic mass is 16.6. The molecule has 4 rings (SSSR count). The summed E-state index contributed by atoms with van der Waals surface area (Å²) in [5.41, 5.74) is 4.82. The van der Waals surface area contributed by atoms with Gasteiger partial charge in [0, 0.05) is 40.6 Å². The van der Waals surface area contributed by atoms with Gasteiger partial charge in [0.25, 0.3) is 5.69 Å². The number of nitro groups is 1. The fourth-order valence-electron chi connectivity index (χ4n) is 4.04. The third-order valence-electron chi connectivity index (χ3n) is 5.75. The molecule has 0 aliphatic rings. The summed E-state index contributed by atoms with van der Waals surface area (Å²) < 4.78 is 2.11. The van der Waals surface area contributed by atoms with Gasteiger partial charge in [0.15, 0.2) is 5.78 Å². The number of Topliss-reactive ketones (excluding diaryl/α,β-unsaturated/α-hetero) is 1. The second kappa shape index (κ2) is 7.65. The Kier molecular flexibility index (Phi) is 5.13. The number of rotatable bonds is 5. The van der Waals surface area contributed by atoms with Gasteiger partial charge in [-0.25, -0.2) is 0 Å². The Morgan fingerprint density at radius 2 is 1.55 bits per heavy atom. The van der Waals surface area contributed by atoms with Gasteiger partial charge in [-0.1, -0.05) is 33.8 Å². The second-order valence-corrected chi connectivity index (χ2v) is 9.00. The predicted molar refractivity (Wildman–Crippen MR) is 125 cm³/mol. The first-order chi connectivity index (χ1) is 14.7. The zero-order chi connectivity index (χ0) is 22.3. The van der Waals surface area contributed by atoms with Crippen LogP contribution in [0.2, 0.25) is 0 Å². The monoisotopic (exact) mass is 414 g/mol. The standard InChI is InChI=1S/C26H26N2O3/c1-5-6-25(29)17-7-13-23-21(15-17)22-16-18(26(2,3)4)8-14-24(22)27(23)19-9-11-20(12-10-19)28(30)31/h7-16H,5-6H2,1-4H3. The van der Waals surface area contributed by atoms with Crippen molar-refractivity contribution in [2.75, 3.05) is 0 Å². The van der Waals surface area contributed by atoms with Gasteiger partial charge in [-0.2, -0.15) is 0 Å². The molecule has 0 bridgehead atoms. The first-order valence-electron chi connectivity index (χ1n) is 10.6. The molecule has 0 atom stereocenters. The van der Waals surface area contributed by atoms with Crippen LogP contribution in [0.1, 0.15) is 56.5 Å². The first kappa shape index (κ1) is 20.8. The van der Waals surface area contributed by atoms with E-state index in [1.54, 1.807) is 12.1 Å². The molecule has 1 heterocycles. The molecule has 0 fully saturated rings. The van der Waals surface area contributed by atoms with E-state index in [9.17, 15) is 14.9 Å². The molecule has 0 spiro atoms. The Balaban J connectivity index is 2.02. The van der Waals surface area contributed by atoms with Crippen molar-refractivity contribution in [3.05, 3.63) is 81.9 Å². The van der Waals surface area contributed by atoms with Gasteiger partial charge < -0.3 is 4.57 Å². The van der Waals surface area contributed by atoms with Crippen LogP contribution in [-0.2, 0) is 5.41 Å². The summed E-state index contributed by atoms with van der Waals surface area (Å²) in [7, 11) is 0. The molecule has 0 unspecified atom stereocenters. The number of ketones is 1. The number of aromatic nitrogens is 1. The van der Waals surface area contributed by atoms with E-state index >= 15 is 0 Å². The maximum absolute atomic E-state index is 12.6. The summed E-state index contributed by atoms with van der Waals surface area (Å²) >= 11 is 0. The van der Waals surface area contributed by atoms with Crippen LogP contribution in [0.4, 0.5) is 5.69 Å². The largest absolute Gasteiger partial charge is 0.309 e. The van der Waals surface area contributed by atoms with Crippen molar-refractivity contribution < 1.29 is 9.72 Å². The zero-order valence-corrected chi connectivity index (χ0v) is 18.3. The van der Waals surface area contributed by atoms with Crippen LogP contribution in [-0.4, -0.2) is 15.3 Å². The zero-order valence-electron chi connectivity index (χ0n) is 18.3. The summed E-state index contributed by atoms with van der Waals surface area (Å²) in [5, 5.41) is 13.2. The second-order valence-electron chi connectivity index (χ2n) is 9.00. The third-order valence-corrected chi connectivity index (χ3v) is 5.75. The van der Waals surface area contributed by atoms with Crippen molar-refractivity contribution in [1.29, 1.82) is 0 Å². The molecule has 0 amide bonds. The molecule has 0 saturated carbocycles. The van der Waals surface area contributed by atoms with Crippen LogP contribution in [0.5, 0.6) is 0 Å². The van der Waals surface area contributed by atoms with Crippen molar-refractivity contribution in [3.8, 4) is 5.69 Å². The van der Waals surface area contributed by atoms with Crippen molar-refractivity contribution in [2.24, 2.45) is 0 Å². The molecule has 5 heteroatoms.